The fraction of sp³-hybridized carbons (Fsp3) is 0.643. The predicted octanol–water partition coefficient (Wildman–Crippen LogP) is 1.48. The van der Waals surface area contributed by atoms with Crippen LogP contribution in [0.15, 0.2) is 18.3 Å². The van der Waals surface area contributed by atoms with Gasteiger partial charge in [0, 0.05) is 30.7 Å². The van der Waals surface area contributed by atoms with Crippen molar-refractivity contribution >= 4 is 5.91 Å². The van der Waals surface area contributed by atoms with E-state index in [1.54, 1.807) is 0 Å². The minimum absolute atomic E-state index is 0.0257. The van der Waals surface area contributed by atoms with Crippen molar-refractivity contribution in [2.24, 2.45) is 12.5 Å². The number of aryl methyl sites for hydroxylation is 1. The minimum Gasteiger partial charge on any atom is -0.347 e. The summed E-state index contributed by atoms with van der Waals surface area (Å²) in [5.41, 5.74) is 0.851. The third-order valence-electron chi connectivity index (χ3n) is 4.32. The summed E-state index contributed by atoms with van der Waals surface area (Å²) in [6.45, 7) is 4.44. The van der Waals surface area contributed by atoms with Crippen molar-refractivity contribution < 1.29 is 4.79 Å². The summed E-state index contributed by atoms with van der Waals surface area (Å²) in [4.78, 5) is 14.4. The fourth-order valence-corrected chi connectivity index (χ4v) is 2.95. The molecule has 1 aliphatic carbocycles. The molecule has 1 heterocycles. The average molecular weight is 249 g/mol. The Kier molecular flexibility index (Phi) is 3.23. The van der Waals surface area contributed by atoms with Gasteiger partial charge in [0.2, 0.25) is 0 Å². The number of amides is 1. The van der Waals surface area contributed by atoms with Gasteiger partial charge in [-0.2, -0.15) is 0 Å². The van der Waals surface area contributed by atoms with E-state index in [9.17, 15) is 4.79 Å². The Bertz CT molecular complexity index is 448. The molecule has 100 valence electrons. The van der Waals surface area contributed by atoms with E-state index in [-0.39, 0.29) is 17.4 Å². The molecule has 18 heavy (non-hydrogen) atoms. The molecule has 4 nitrogen and oxygen atoms in total. The molecule has 0 aliphatic heterocycles. The highest BCUT2D eigenvalue weighted by molar-refractivity contribution is 5.93. The molecule has 2 unspecified atom stereocenters. The summed E-state index contributed by atoms with van der Waals surface area (Å²) in [6, 6.07) is 4.54. The highest BCUT2D eigenvalue weighted by Gasteiger charge is 2.49. The summed E-state index contributed by atoms with van der Waals surface area (Å²) in [6.07, 6.45) is 2.92. The first-order valence-corrected chi connectivity index (χ1v) is 6.42. The highest BCUT2D eigenvalue weighted by atomic mass is 16.2. The van der Waals surface area contributed by atoms with Gasteiger partial charge in [-0.05, 0) is 32.6 Å². The van der Waals surface area contributed by atoms with Gasteiger partial charge in [0.25, 0.3) is 5.91 Å². The predicted molar refractivity (Wildman–Crippen MR) is 72.5 cm³/mol. The summed E-state index contributed by atoms with van der Waals surface area (Å²) < 4.78 is 1.85. The molecule has 1 aromatic heterocycles. The molecule has 1 aromatic rings. The molecule has 0 radical (unpaired) electrons. The molecule has 1 fully saturated rings. The smallest absolute Gasteiger partial charge is 0.268 e. The van der Waals surface area contributed by atoms with E-state index in [2.05, 4.69) is 38.2 Å². The number of carbonyl (C=O) groups is 1. The second-order valence-corrected chi connectivity index (χ2v) is 6.07. The SMILES string of the molecule is CN(C)C1CC(NC(=O)c2cccn2C)C1(C)C. The molecule has 0 spiro atoms. The van der Waals surface area contributed by atoms with Crippen molar-refractivity contribution in [3.05, 3.63) is 24.0 Å². The van der Waals surface area contributed by atoms with Crippen LogP contribution >= 0.6 is 0 Å². The number of nitrogens with zero attached hydrogens (tertiary/aromatic N) is 2. The molecule has 1 aliphatic rings. The molecule has 4 heteroatoms. The fourth-order valence-electron chi connectivity index (χ4n) is 2.95. The van der Waals surface area contributed by atoms with Gasteiger partial charge < -0.3 is 14.8 Å². The Morgan fingerprint density at radius 3 is 2.61 bits per heavy atom. The van der Waals surface area contributed by atoms with Crippen LogP contribution in [0, 0.1) is 5.41 Å². The number of hydrogen-bond donors (Lipinski definition) is 1. The molecule has 2 atom stereocenters. The van der Waals surface area contributed by atoms with Gasteiger partial charge in [0.15, 0.2) is 0 Å². The first-order valence-electron chi connectivity index (χ1n) is 6.42. The van der Waals surface area contributed by atoms with Gasteiger partial charge >= 0.3 is 0 Å². The number of hydrogen-bond acceptors (Lipinski definition) is 2. The quantitative estimate of drug-likeness (QED) is 0.881. The van der Waals surface area contributed by atoms with Gasteiger partial charge in [-0.25, -0.2) is 0 Å². The van der Waals surface area contributed by atoms with Crippen molar-refractivity contribution in [3.63, 3.8) is 0 Å². The van der Waals surface area contributed by atoms with E-state index in [4.69, 9.17) is 0 Å². The van der Waals surface area contributed by atoms with Crippen LogP contribution in [-0.4, -0.2) is 41.6 Å². The topological polar surface area (TPSA) is 37.3 Å². The maximum absolute atomic E-state index is 12.1. The second-order valence-electron chi connectivity index (χ2n) is 6.07. The second kappa shape index (κ2) is 4.43. The first-order chi connectivity index (χ1) is 8.34. The lowest BCUT2D eigenvalue weighted by molar-refractivity contribution is -0.0108. The Balaban J connectivity index is 2.01. The number of carbonyl (C=O) groups excluding carboxylic acids is 1. The normalized spacial score (nSPS) is 25.9. The lowest BCUT2D eigenvalue weighted by Crippen LogP contribution is -2.65. The van der Waals surface area contributed by atoms with Crippen LogP contribution in [0.4, 0.5) is 0 Å². The maximum atomic E-state index is 12.1. The standard InChI is InChI=1S/C14H23N3O/c1-14(2)11(9-12(14)16(3)4)15-13(18)10-7-6-8-17(10)5/h6-8,11-12H,9H2,1-5H3,(H,15,18). The van der Waals surface area contributed by atoms with E-state index in [1.165, 1.54) is 0 Å². The zero-order chi connectivity index (χ0) is 13.5. The summed E-state index contributed by atoms with van der Waals surface area (Å²) in [5.74, 6) is 0.0257. The summed E-state index contributed by atoms with van der Waals surface area (Å²) >= 11 is 0. The number of nitrogens with one attached hydrogen (secondary N) is 1. The lowest BCUT2D eigenvalue weighted by atomic mass is 9.62. The van der Waals surface area contributed by atoms with Gasteiger partial charge in [0.1, 0.15) is 5.69 Å². The van der Waals surface area contributed by atoms with Crippen LogP contribution < -0.4 is 5.32 Å². The molecule has 2 rings (SSSR count). The molecule has 1 amide bonds. The third kappa shape index (κ3) is 2.05. The third-order valence-corrected chi connectivity index (χ3v) is 4.32. The molecule has 1 saturated carbocycles. The molecule has 0 aromatic carbocycles. The monoisotopic (exact) mass is 249 g/mol. The van der Waals surface area contributed by atoms with Crippen LogP contribution in [0.1, 0.15) is 30.8 Å². The number of aromatic nitrogens is 1. The Hall–Kier alpha value is -1.29. The van der Waals surface area contributed by atoms with Crippen molar-refractivity contribution in [3.8, 4) is 0 Å². The molecular weight excluding hydrogens is 226 g/mol. The van der Waals surface area contributed by atoms with Gasteiger partial charge in [-0.3, -0.25) is 4.79 Å². The van der Waals surface area contributed by atoms with Crippen LogP contribution in [0.3, 0.4) is 0 Å². The van der Waals surface area contributed by atoms with E-state index >= 15 is 0 Å². The molecular formula is C14H23N3O. The van der Waals surface area contributed by atoms with Crippen molar-refractivity contribution in [2.45, 2.75) is 32.4 Å². The Morgan fingerprint density at radius 2 is 2.17 bits per heavy atom. The molecule has 0 bridgehead atoms. The number of rotatable bonds is 3. The van der Waals surface area contributed by atoms with Gasteiger partial charge in [0.05, 0.1) is 0 Å². The van der Waals surface area contributed by atoms with Crippen LogP contribution in [-0.2, 0) is 7.05 Å². The largest absolute Gasteiger partial charge is 0.347 e. The van der Waals surface area contributed by atoms with E-state index in [1.807, 2.05) is 29.9 Å². The molecule has 0 saturated heterocycles. The highest BCUT2D eigenvalue weighted by Crippen LogP contribution is 2.43. The van der Waals surface area contributed by atoms with Crippen LogP contribution in [0.5, 0.6) is 0 Å². The Morgan fingerprint density at radius 1 is 1.50 bits per heavy atom. The van der Waals surface area contributed by atoms with Crippen molar-refractivity contribution in [1.82, 2.24) is 14.8 Å². The molecule has 1 N–H and O–H groups in total. The van der Waals surface area contributed by atoms with Gasteiger partial charge in [-0.15, -0.1) is 0 Å². The van der Waals surface area contributed by atoms with E-state index in [0.29, 0.717) is 6.04 Å². The van der Waals surface area contributed by atoms with Gasteiger partial charge in [-0.1, -0.05) is 13.8 Å². The van der Waals surface area contributed by atoms with E-state index in [0.717, 1.165) is 12.1 Å². The van der Waals surface area contributed by atoms with Crippen LogP contribution in [0.25, 0.3) is 0 Å². The Labute approximate surface area is 109 Å². The first kappa shape index (κ1) is 13.1. The average Bonchev–Trinajstić information content (AvgIpc) is 2.69. The maximum Gasteiger partial charge on any atom is 0.268 e. The van der Waals surface area contributed by atoms with E-state index < -0.39 is 0 Å². The van der Waals surface area contributed by atoms with Crippen molar-refractivity contribution in [2.75, 3.05) is 14.1 Å². The summed E-state index contributed by atoms with van der Waals surface area (Å²) in [7, 11) is 6.09. The van der Waals surface area contributed by atoms with Crippen LogP contribution in [0.2, 0.25) is 0 Å². The zero-order valence-corrected chi connectivity index (χ0v) is 11.9. The zero-order valence-electron chi connectivity index (χ0n) is 11.9. The lowest BCUT2D eigenvalue weighted by Gasteiger charge is -2.55. The van der Waals surface area contributed by atoms with Crippen molar-refractivity contribution in [1.29, 1.82) is 0 Å². The summed E-state index contributed by atoms with van der Waals surface area (Å²) in [5, 5.41) is 3.15. The minimum atomic E-state index is 0.0257.